The van der Waals surface area contributed by atoms with Crippen molar-refractivity contribution in [3.05, 3.63) is 29.6 Å². The quantitative estimate of drug-likeness (QED) is 0.365. The Bertz CT molecular complexity index is 650. The molecule has 2 atom stereocenters. The van der Waals surface area contributed by atoms with Gasteiger partial charge in [-0.05, 0) is 56.2 Å². The number of nitrogens with one attached hydrogen (secondary N) is 2. The van der Waals surface area contributed by atoms with E-state index < -0.39 is 6.10 Å². The predicted molar refractivity (Wildman–Crippen MR) is 114 cm³/mol. The third kappa shape index (κ3) is 9.00. The van der Waals surface area contributed by atoms with Crippen molar-refractivity contribution in [2.75, 3.05) is 32.9 Å². The van der Waals surface area contributed by atoms with Crippen LogP contribution in [-0.4, -0.2) is 50.1 Å². The third-order valence-corrected chi connectivity index (χ3v) is 4.55. The lowest BCUT2D eigenvalue weighted by atomic mass is 10.1. The van der Waals surface area contributed by atoms with Gasteiger partial charge in [-0.25, -0.2) is 4.39 Å². The summed E-state index contributed by atoms with van der Waals surface area (Å²) in [6.07, 6.45) is 1.68. The van der Waals surface area contributed by atoms with Gasteiger partial charge in [0.2, 0.25) is 0 Å². The molecule has 2 rings (SSSR count). The zero-order valence-electron chi connectivity index (χ0n) is 18.1. The number of hydrogen-bond acceptors (Lipinski definition) is 4. The second-order valence-corrected chi connectivity index (χ2v) is 8.12. The van der Waals surface area contributed by atoms with Crippen molar-refractivity contribution in [1.82, 2.24) is 10.6 Å². The predicted octanol–water partition coefficient (Wildman–Crippen LogP) is 3.26. The lowest BCUT2D eigenvalue weighted by Gasteiger charge is -2.19. The van der Waals surface area contributed by atoms with E-state index in [0.717, 1.165) is 5.56 Å². The maximum atomic E-state index is 14.4. The van der Waals surface area contributed by atoms with Gasteiger partial charge in [0, 0.05) is 13.2 Å². The van der Waals surface area contributed by atoms with Crippen LogP contribution < -0.4 is 15.4 Å². The maximum absolute atomic E-state index is 14.4. The summed E-state index contributed by atoms with van der Waals surface area (Å²) in [7, 11) is 0. The van der Waals surface area contributed by atoms with Crippen LogP contribution in [0.25, 0.3) is 0 Å². The number of benzene rings is 1. The molecule has 0 bridgehead atoms. The van der Waals surface area contributed by atoms with Crippen molar-refractivity contribution in [3.8, 4) is 5.75 Å². The average molecular weight is 410 g/mol. The first kappa shape index (κ1) is 23.4. The lowest BCUT2D eigenvalue weighted by Crippen LogP contribution is -2.39. The Morgan fingerprint density at radius 3 is 2.66 bits per heavy atom. The van der Waals surface area contributed by atoms with Crippen LogP contribution in [0.1, 0.15) is 52.1 Å². The largest absolute Gasteiger partial charge is 0.490 e. The fraction of sp³-hybridized carbons (Fsp3) is 0.682. The average Bonchev–Trinajstić information content (AvgIpc) is 3.49. The Kier molecular flexibility index (Phi) is 9.67. The summed E-state index contributed by atoms with van der Waals surface area (Å²) in [5, 5.41) is 16.4. The molecule has 6 nitrogen and oxygen atoms in total. The fourth-order valence-electron chi connectivity index (χ4n) is 2.69. The van der Waals surface area contributed by atoms with Gasteiger partial charge in [-0.2, -0.15) is 0 Å². The van der Waals surface area contributed by atoms with Crippen LogP contribution in [0.2, 0.25) is 0 Å². The number of halogens is 1. The highest BCUT2D eigenvalue weighted by molar-refractivity contribution is 5.80. The van der Waals surface area contributed by atoms with Gasteiger partial charge in [0.25, 0.3) is 0 Å². The molecule has 0 amide bonds. The molecule has 29 heavy (non-hydrogen) atoms. The minimum Gasteiger partial charge on any atom is -0.490 e. The lowest BCUT2D eigenvalue weighted by molar-refractivity contribution is 0.0301. The van der Waals surface area contributed by atoms with Gasteiger partial charge < -0.3 is 25.2 Å². The summed E-state index contributed by atoms with van der Waals surface area (Å²) in [5.41, 5.74) is 0.799. The summed E-state index contributed by atoms with van der Waals surface area (Å²) in [4.78, 5) is 4.42. The molecule has 1 fully saturated rings. The molecule has 1 saturated carbocycles. The van der Waals surface area contributed by atoms with Crippen molar-refractivity contribution < 1.29 is 19.0 Å². The van der Waals surface area contributed by atoms with Crippen molar-refractivity contribution in [3.63, 3.8) is 0 Å². The molecular formula is C22H36FN3O3. The highest BCUT2D eigenvalue weighted by Crippen LogP contribution is 2.30. The summed E-state index contributed by atoms with van der Waals surface area (Å²) >= 11 is 0. The number of aliphatic imine (C=N–C) groups is 1. The standard InChI is InChI=1S/C22H36FN3O3/c1-5-24-22(25-11-19(27)14-28-12-15(2)3)26-16(4)18-8-9-21(20(23)10-18)29-13-17-6-7-17/h8-10,15-17,19,27H,5-7,11-14H2,1-4H3,(H2,24,25,26). The summed E-state index contributed by atoms with van der Waals surface area (Å²) < 4.78 is 25.4. The maximum Gasteiger partial charge on any atom is 0.191 e. The molecule has 1 aromatic rings. The number of guanidine groups is 1. The molecule has 0 saturated heterocycles. The number of nitrogens with zero attached hydrogens (tertiary/aromatic N) is 1. The zero-order valence-corrected chi connectivity index (χ0v) is 18.1. The molecule has 164 valence electrons. The minimum atomic E-state index is -0.667. The molecule has 0 spiro atoms. The number of aliphatic hydroxyl groups excluding tert-OH is 1. The monoisotopic (exact) mass is 409 g/mol. The van der Waals surface area contributed by atoms with E-state index in [1.165, 1.54) is 18.9 Å². The molecule has 3 N–H and O–H groups in total. The second-order valence-electron chi connectivity index (χ2n) is 8.12. The SMILES string of the molecule is CCNC(=NCC(O)COCC(C)C)NC(C)c1ccc(OCC2CC2)c(F)c1. The molecule has 0 aliphatic heterocycles. The molecule has 1 aliphatic carbocycles. The van der Waals surface area contributed by atoms with Gasteiger partial charge in [-0.15, -0.1) is 0 Å². The van der Waals surface area contributed by atoms with E-state index in [9.17, 15) is 9.50 Å². The fourth-order valence-corrected chi connectivity index (χ4v) is 2.69. The van der Waals surface area contributed by atoms with Crippen molar-refractivity contribution in [2.45, 2.75) is 52.7 Å². The summed E-state index contributed by atoms with van der Waals surface area (Å²) in [6, 6.07) is 4.89. The number of aliphatic hydroxyl groups is 1. The minimum absolute atomic E-state index is 0.158. The van der Waals surface area contributed by atoms with Crippen LogP contribution >= 0.6 is 0 Å². The third-order valence-electron chi connectivity index (χ3n) is 4.55. The van der Waals surface area contributed by atoms with Crippen LogP contribution in [0.3, 0.4) is 0 Å². The van der Waals surface area contributed by atoms with E-state index in [4.69, 9.17) is 9.47 Å². The molecule has 7 heteroatoms. The normalized spacial score (nSPS) is 16.6. The van der Waals surface area contributed by atoms with Crippen LogP contribution in [0, 0.1) is 17.7 Å². The van der Waals surface area contributed by atoms with E-state index >= 15 is 0 Å². The summed E-state index contributed by atoms with van der Waals surface area (Å²) in [6.45, 7) is 10.4. The van der Waals surface area contributed by atoms with E-state index in [2.05, 4.69) is 29.5 Å². The molecule has 1 aromatic carbocycles. The second kappa shape index (κ2) is 12.0. The molecule has 1 aliphatic rings. The zero-order chi connectivity index (χ0) is 21.2. The highest BCUT2D eigenvalue weighted by atomic mass is 19.1. The highest BCUT2D eigenvalue weighted by Gasteiger charge is 2.22. The molecule has 0 aromatic heterocycles. The van der Waals surface area contributed by atoms with E-state index in [1.54, 1.807) is 6.07 Å². The molecular weight excluding hydrogens is 373 g/mol. The number of rotatable bonds is 12. The van der Waals surface area contributed by atoms with Gasteiger partial charge in [0.05, 0.1) is 31.9 Å². The van der Waals surface area contributed by atoms with Gasteiger partial charge in [-0.1, -0.05) is 19.9 Å². The van der Waals surface area contributed by atoms with Gasteiger partial charge >= 0.3 is 0 Å². The first-order chi connectivity index (χ1) is 13.9. The molecule has 0 heterocycles. The molecule has 2 unspecified atom stereocenters. The van der Waals surface area contributed by atoms with Crippen LogP contribution in [-0.2, 0) is 4.74 Å². The topological polar surface area (TPSA) is 75.1 Å². The van der Waals surface area contributed by atoms with Gasteiger partial charge in [-0.3, -0.25) is 4.99 Å². The Balaban J connectivity index is 1.88. The van der Waals surface area contributed by atoms with Crippen molar-refractivity contribution in [2.24, 2.45) is 16.8 Å². The van der Waals surface area contributed by atoms with Crippen LogP contribution in [0.15, 0.2) is 23.2 Å². The van der Waals surface area contributed by atoms with E-state index in [-0.39, 0.29) is 25.0 Å². The Hall–Kier alpha value is -1.86. The van der Waals surface area contributed by atoms with E-state index in [0.29, 0.717) is 43.3 Å². The first-order valence-electron chi connectivity index (χ1n) is 10.6. The van der Waals surface area contributed by atoms with Gasteiger partial charge in [0.1, 0.15) is 0 Å². The number of ether oxygens (including phenoxy) is 2. The Labute approximate surface area is 173 Å². The Morgan fingerprint density at radius 2 is 2.03 bits per heavy atom. The van der Waals surface area contributed by atoms with Crippen LogP contribution in [0.5, 0.6) is 5.75 Å². The van der Waals surface area contributed by atoms with Crippen molar-refractivity contribution >= 4 is 5.96 Å². The Morgan fingerprint density at radius 1 is 1.28 bits per heavy atom. The molecule has 0 radical (unpaired) electrons. The van der Waals surface area contributed by atoms with E-state index in [1.807, 2.05) is 19.9 Å². The smallest absolute Gasteiger partial charge is 0.191 e. The number of hydrogen-bond donors (Lipinski definition) is 3. The van der Waals surface area contributed by atoms with Gasteiger partial charge in [0.15, 0.2) is 17.5 Å². The van der Waals surface area contributed by atoms with Crippen LogP contribution in [0.4, 0.5) is 4.39 Å². The van der Waals surface area contributed by atoms with Crippen molar-refractivity contribution in [1.29, 1.82) is 0 Å². The summed E-state index contributed by atoms with van der Waals surface area (Å²) in [5.74, 6) is 1.53. The first-order valence-corrected chi connectivity index (χ1v) is 10.6.